The zero-order chi connectivity index (χ0) is 17.3. The molecule has 0 spiro atoms. The lowest BCUT2D eigenvalue weighted by Crippen LogP contribution is -2.41. The number of carbonyl (C=O) groups excluding carboxylic acids is 1. The number of aliphatic imine (C=N–C) groups is 1. The zero-order valence-electron chi connectivity index (χ0n) is 14.2. The molecule has 24 heavy (non-hydrogen) atoms. The van der Waals surface area contributed by atoms with Crippen LogP contribution in [0.15, 0.2) is 41.7 Å². The number of nitrogens with zero attached hydrogens (tertiary/aromatic N) is 4. The van der Waals surface area contributed by atoms with Gasteiger partial charge in [0.05, 0.1) is 17.1 Å². The van der Waals surface area contributed by atoms with Crippen LogP contribution in [0, 0.1) is 5.41 Å². The van der Waals surface area contributed by atoms with Gasteiger partial charge in [-0.15, -0.1) is 0 Å². The highest BCUT2D eigenvalue weighted by Crippen LogP contribution is 2.22. The first-order chi connectivity index (χ1) is 11.3. The maximum Gasteiger partial charge on any atom is 0.337 e. The minimum atomic E-state index is -0.589. The second-order valence-electron chi connectivity index (χ2n) is 6.69. The standard InChI is InChI=1S/C17H21N5O2/c1-17(2,3)15(23)24-22-9-5-8-18-16(22)20-13-6-7-14-12(10-13)11-19-21(14)4/h5-11,16,20H,1-4H3. The lowest BCUT2D eigenvalue weighted by atomic mass is 9.98. The van der Waals surface area contributed by atoms with Crippen molar-refractivity contribution in [3.63, 3.8) is 0 Å². The minimum Gasteiger partial charge on any atom is -0.344 e. The number of nitrogens with one attached hydrogen (secondary N) is 1. The number of hydroxylamine groups is 2. The number of anilines is 1. The monoisotopic (exact) mass is 327 g/mol. The van der Waals surface area contributed by atoms with Crippen LogP contribution in [0.2, 0.25) is 0 Å². The van der Waals surface area contributed by atoms with Crippen LogP contribution in [-0.2, 0) is 16.7 Å². The summed E-state index contributed by atoms with van der Waals surface area (Å²) in [4.78, 5) is 21.9. The Balaban J connectivity index is 1.77. The normalized spacial score (nSPS) is 17.3. The molecule has 3 rings (SSSR count). The van der Waals surface area contributed by atoms with Gasteiger partial charge in [0.15, 0.2) is 0 Å². The molecule has 0 amide bonds. The molecule has 1 aliphatic rings. The molecule has 1 aliphatic heterocycles. The van der Waals surface area contributed by atoms with Gasteiger partial charge >= 0.3 is 5.97 Å². The van der Waals surface area contributed by atoms with E-state index in [2.05, 4.69) is 15.4 Å². The number of benzene rings is 1. The third kappa shape index (κ3) is 3.24. The van der Waals surface area contributed by atoms with E-state index in [-0.39, 0.29) is 5.97 Å². The molecule has 0 aliphatic carbocycles. The van der Waals surface area contributed by atoms with Crippen molar-refractivity contribution in [3.05, 3.63) is 36.7 Å². The Morgan fingerprint density at radius 1 is 1.33 bits per heavy atom. The van der Waals surface area contributed by atoms with Crippen LogP contribution in [0.25, 0.3) is 10.9 Å². The summed E-state index contributed by atoms with van der Waals surface area (Å²) >= 11 is 0. The first kappa shape index (κ1) is 16.0. The molecule has 1 aromatic carbocycles. The summed E-state index contributed by atoms with van der Waals surface area (Å²) in [5.41, 5.74) is 1.32. The summed E-state index contributed by atoms with van der Waals surface area (Å²) in [6.07, 6.45) is 6.36. The van der Waals surface area contributed by atoms with E-state index in [0.29, 0.717) is 0 Å². The molecule has 7 nitrogen and oxygen atoms in total. The minimum absolute atomic E-state index is 0.321. The van der Waals surface area contributed by atoms with Gasteiger partial charge in [-0.2, -0.15) is 10.2 Å². The first-order valence-electron chi connectivity index (χ1n) is 7.73. The summed E-state index contributed by atoms with van der Waals surface area (Å²) in [7, 11) is 1.90. The maximum absolute atomic E-state index is 12.1. The van der Waals surface area contributed by atoms with Gasteiger partial charge in [-0.05, 0) is 45.0 Å². The lowest BCUT2D eigenvalue weighted by molar-refractivity contribution is -0.194. The molecular weight excluding hydrogens is 306 g/mol. The summed E-state index contributed by atoms with van der Waals surface area (Å²) in [6.45, 7) is 5.43. The Hall–Kier alpha value is -2.83. The average Bonchev–Trinajstić information content (AvgIpc) is 2.89. The van der Waals surface area contributed by atoms with Gasteiger partial charge in [-0.1, -0.05) is 0 Å². The number of allylic oxidation sites excluding steroid dienone is 1. The SMILES string of the molecule is Cn1ncc2cc(NC3N=CC=CN3OC(=O)C(C)(C)C)ccc21. The number of aromatic nitrogens is 2. The van der Waals surface area contributed by atoms with Gasteiger partial charge in [-0.25, -0.2) is 9.79 Å². The number of fused-ring (bicyclic) bond motifs is 1. The van der Waals surface area contributed by atoms with E-state index in [0.717, 1.165) is 16.6 Å². The van der Waals surface area contributed by atoms with Crippen molar-refractivity contribution >= 4 is 28.8 Å². The van der Waals surface area contributed by atoms with Crippen molar-refractivity contribution in [1.29, 1.82) is 0 Å². The number of rotatable bonds is 3. The summed E-state index contributed by atoms with van der Waals surface area (Å²) < 4.78 is 1.82. The Morgan fingerprint density at radius 3 is 2.88 bits per heavy atom. The topological polar surface area (TPSA) is 71.8 Å². The fourth-order valence-corrected chi connectivity index (χ4v) is 2.22. The van der Waals surface area contributed by atoms with Crippen LogP contribution in [0.1, 0.15) is 20.8 Å². The molecule has 7 heteroatoms. The Morgan fingerprint density at radius 2 is 2.12 bits per heavy atom. The molecular formula is C17H21N5O2. The van der Waals surface area contributed by atoms with Crippen molar-refractivity contribution in [3.8, 4) is 0 Å². The van der Waals surface area contributed by atoms with Crippen LogP contribution in [0.4, 0.5) is 5.69 Å². The molecule has 126 valence electrons. The third-order valence-corrected chi connectivity index (χ3v) is 3.63. The molecule has 0 bridgehead atoms. The van der Waals surface area contributed by atoms with Gasteiger partial charge in [0, 0.05) is 30.5 Å². The highest BCUT2D eigenvalue weighted by molar-refractivity contribution is 5.82. The van der Waals surface area contributed by atoms with Gasteiger partial charge in [0.1, 0.15) is 0 Å². The van der Waals surface area contributed by atoms with Crippen LogP contribution in [0.3, 0.4) is 0 Å². The van der Waals surface area contributed by atoms with Gasteiger partial charge in [0.25, 0.3) is 0 Å². The summed E-state index contributed by atoms with van der Waals surface area (Å²) in [6, 6.07) is 5.92. The molecule has 0 saturated carbocycles. The van der Waals surface area contributed by atoms with Crippen molar-refractivity contribution in [1.82, 2.24) is 14.8 Å². The number of hydrogen-bond acceptors (Lipinski definition) is 6. The van der Waals surface area contributed by atoms with E-state index in [9.17, 15) is 4.79 Å². The first-order valence-corrected chi connectivity index (χ1v) is 7.73. The van der Waals surface area contributed by atoms with Crippen LogP contribution >= 0.6 is 0 Å². The largest absolute Gasteiger partial charge is 0.344 e. The van der Waals surface area contributed by atoms with Crippen LogP contribution < -0.4 is 5.32 Å². The van der Waals surface area contributed by atoms with E-state index < -0.39 is 11.7 Å². The summed E-state index contributed by atoms with van der Waals surface area (Å²) in [5.74, 6) is -0.321. The van der Waals surface area contributed by atoms with Crippen molar-refractivity contribution in [2.75, 3.05) is 5.32 Å². The zero-order valence-corrected chi connectivity index (χ0v) is 14.2. The second-order valence-corrected chi connectivity index (χ2v) is 6.69. The average molecular weight is 327 g/mol. The van der Waals surface area contributed by atoms with Crippen molar-refractivity contribution < 1.29 is 9.63 Å². The smallest absolute Gasteiger partial charge is 0.337 e. The van der Waals surface area contributed by atoms with Crippen molar-refractivity contribution in [2.45, 2.75) is 27.1 Å². The van der Waals surface area contributed by atoms with Crippen LogP contribution in [0.5, 0.6) is 0 Å². The highest BCUT2D eigenvalue weighted by Gasteiger charge is 2.28. The van der Waals surface area contributed by atoms with Gasteiger partial charge in [-0.3, -0.25) is 4.68 Å². The second kappa shape index (κ2) is 5.99. The Labute approximate surface area is 140 Å². The third-order valence-electron chi connectivity index (χ3n) is 3.63. The molecule has 2 heterocycles. The lowest BCUT2D eigenvalue weighted by Gasteiger charge is -2.30. The van der Waals surface area contributed by atoms with E-state index in [1.54, 1.807) is 18.5 Å². The molecule has 1 N–H and O–H groups in total. The quantitative estimate of drug-likeness (QED) is 0.938. The van der Waals surface area contributed by atoms with Crippen molar-refractivity contribution in [2.24, 2.45) is 17.5 Å². The molecule has 1 aromatic heterocycles. The maximum atomic E-state index is 12.1. The number of aryl methyl sites for hydroxylation is 1. The van der Waals surface area contributed by atoms with E-state index in [1.165, 1.54) is 5.06 Å². The molecule has 0 radical (unpaired) electrons. The Kier molecular flexibility index (Phi) is 4.01. The van der Waals surface area contributed by atoms with Crippen LogP contribution in [-0.4, -0.2) is 33.3 Å². The summed E-state index contributed by atoms with van der Waals surface area (Å²) in [5, 5.41) is 9.93. The molecule has 0 fully saturated rings. The highest BCUT2D eigenvalue weighted by atomic mass is 16.7. The molecule has 1 unspecified atom stereocenters. The van der Waals surface area contributed by atoms with E-state index >= 15 is 0 Å². The number of hydrogen-bond donors (Lipinski definition) is 1. The van der Waals surface area contributed by atoms with Gasteiger partial charge < -0.3 is 10.2 Å². The van der Waals surface area contributed by atoms with Gasteiger partial charge in [0.2, 0.25) is 6.29 Å². The predicted octanol–water partition coefficient (Wildman–Crippen LogP) is 2.67. The molecule has 2 aromatic rings. The fraction of sp³-hybridized carbons (Fsp3) is 0.353. The predicted molar refractivity (Wildman–Crippen MR) is 93.1 cm³/mol. The fourth-order valence-electron chi connectivity index (χ4n) is 2.22. The van der Waals surface area contributed by atoms with E-state index in [1.807, 2.05) is 56.9 Å². The Bertz CT molecular complexity index is 816. The molecule has 0 saturated heterocycles. The van der Waals surface area contributed by atoms with E-state index in [4.69, 9.17) is 4.84 Å². The number of carbonyl (C=O) groups is 1. The molecule has 1 atom stereocenters.